The van der Waals surface area contributed by atoms with Gasteiger partial charge in [0.25, 0.3) is 0 Å². The number of benzene rings is 1. The van der Waals surface area contributed by atoms with Gasteiger partial charge in [-0.15, -0.1) is 0 Å². The summed E-state index contributed by atoms with van der Waals surface area (Å²) in [6.07, 6.45) is 6.13. The van der Waals surface area contributed by atoms with Crippen LogP contribution in [0.1, 0.15) is 42.8 Å². The molecule has 37 heavy (non-hydrogen) atoms. The Hall–Kier alpha value is -3.19. The molecule has 0 amide bonds. The maximum absolute atomic E-state index is 9.65. The topological polar surface area (TPSA) is 103 Å². The minimum absolute atomic E-state index is 0.245. The van der Waals surface area contributed by atoms with Crippen LogP contribution in [0.2, 0.25) is 10.0 Å². The monoisotopic (exact) mass is 535 g/mol. The van der Waals surface area contributed by atoms with Gasteiger partial charge in [-0.05, 0) is 61.9 Å². The van der Waals surface area contributed by atoms with E-state index >= 15 is 0 Å². The highest BCUT2D eigenvalue weighted by Gasteiger charge is 2.37. The fourth-order valence-electron chi connectivity index (χ4n) is 5.59. The molecule has 5 heterocycles. The van der Waals surface area contributed by atoms with Crippen molar-refractivity contribution in [2.75, 3.05) is 31.1 Å². The zero-order valence-electron chi connectivity index (χ0n) is 20.5. The molecule has 4 aromatic rings. The molecule has 2 aliphatic rings. The van der Waals surface area contributed by atoms with Crippen LogP contribution in [0, 0.1) is 23.2 Å². The van der Waals surface area contributed by atoms with Crippen LogP contribution in [0.4, 0.5) is 5.82 Å². The van der Waals surface area contributed by atoms with Crippen LogP contribution in [0.15, 0.2) is 36.7 Å². The fourth-order valence-corrected chi connectivity index (χ4v) is 6.16. The standard InChI is InChI=1S/C26H27Cl2N9/c1-16(21-5-4-19(27)9-22(21)28)37-26-25(23(10-29)34-37)30-11-24(32-26)36-13-18(14-36)17-3-2-8-35(12-17)15-20-6-7-31-33-20/h4-7,9,11,16-18H,2-3,8,12-15H2,1H3,(H,31,33)/t16?,17-/m1/s1. The number of hydrogen-bond acceptors (Lipinski definition) is 7. The number of H-pyrrole nitrogens is 1. The first kappa shape index (κ1) is 24.2. The predicted molar refractivity (Wildman–Crippen MR) is 143 cm³/mol. The molecule has 0 spiro atoms. The largest absolute Gasteiger partial charge is 0.355 e. The molecule has 3 aromatic heterocycles. The summed E-state index contributed by atoms with van der Waals surface area (Å²) in [4.78, 5) is 14.3. The summed E-state index contributed by atoms with van der Waals surface area (Å²) in [5.74, 6) is 2.11. The van der Waals surface area contributed by atoms with Crippen LogP contribution >= 0.6 is 23.2 Å². The van der Waals surface area contributed by atoms with E-state index in [1.165, 1.54) is 12.8 Å². The lowest BCUT2D eigenvalue weighted by Crippen LogP contribution is -2.53. The molecule has 2 fully saturated rings. The molecular formula is C26H27Cl2N9. The molecule has 9 nitrogen and oxygen atoms in total. The first-order valence-corrected chi connectivity index (χ1v) is 13.3. The number of aromatic nitrogens is 6. The van der Waals surface area contributed by atoms with Crippen molar-refractivity contribution in [3.05, 3.63) is 63.7 Å². The Bertz CT molecular complexity index is 1450. The van der Waals surface area contributed by atoms with Gasteiger partial charge in [0.2, 0.25) is 0 Å². The zero-order valence-corrected chi connectivity index (χ0v) is 22.0. The highest BCUT2D eigenvalue weighted by atomic mass is 35.5. The molecule has 0 saturated carbocycles. The number of nitrogens with zero attached hydrogens (tertiary/aromatic N) is 8. The van der Waals surface area contributed by atoms with E-state index in [2.05, 4.69) is 36.1 Å². The fraction of sp³-hybridized carbons (Fsp3) is 0.423. The number of fused-ring (bicyclic) bond motifs is 1. The second kappa shape index (κ2) is 9.93. The van der Waals surface area contributed by atoms with E-state index in [0.29, 0.717) is 33.0 Å². The molecule has 0 radical (unpaired) electrons. The minimum atomic E-state index is -0.245. The van der Waals surface area contributed by atoms with Crippen LogP contribution < -0.4 is 4.90 Å². The molecular weight excluding hydrogens is 509 g/mol. The van der Waals surface area contributed by atoms with Gasteiger partial charge in [0.1, 0.15) is 17.4 Å². The van der Waals surface area contributed by atoms with Crippen molar-refractivity contribution < 1.29 is 0 Å². The van der Waals surface area contributed by atoms with Gasteiger partial charge in [0.05, 0.1) is 17.9 Å². The maximum atomic E-state index is 9.65. The molecule has 1 aromatic carbocycles. The van der Waals surface area contributed by atoms with Crippen LogP contribution in [0.25, 0.3) is 11.2 Å². The van der Waals surface area contributed by atoms with E-state index < -0.39 is 0 Å². The first-order valence-electron chi connectivity index (χ1n) is 12.6. The highest BCUT2D eigenvalue weighted by molar-refractivity contribution is 6.35. The van der Waals surface area contributed by atoms with E-state index in [4.69, 9.17) is 28.2 Å². The van der Waals surface area contributed by atoms with E-state index in [-0.39, 0.29) is 11.7 Å². The molecule has 6 rings (SSSR count). The van der Waals surface area contributed by atoms with E-state index in [1.54, 1.807) is 23.0 Å². The number of anilines is 1. The van der Waals surface area contributed by atoms with Gasteiger partial charge in [0, 0.05) is 42.4 Å². The molecule has 1 N–H and O–H groups in total. The van der Waals surface area contributed by atoms with Crippen molar-refractivity contribution in [2.45, 2.75) is 32.4 Å². The van der Waals surface area contributed by atoms with Crippen molar-refractivity contribution in [3.63, 3.8) is 0 Å². The van der Waals surface area contributed by atoms with Gasteiger partial charge in [-0.1, -0.05) is 29.3 Å². The Labute approximate surface area is 225 Å². The first-order chi connectivity index (χ1) is 18.0. The Kier molecular flexibility index (Phi) is 6.49. The molecule has 11 heteroatoms. The summed E-state index contributed by atoms with van der Waals surface area (Å²) >= 11 is 12.6. The third-order valence-electron chi connectivity index (χ3n) is 7.66. The zero-order chi connectivity index (χ0) is 25.5. The number of nitriles is 1. The van der Waals surface area contributed by atoms with Crippen molar-refractivity contribution in [2.24, 2.45) is 11.8 Å². The van der Waals surface area contributed by atoms with Crippen LogP contribution in [0.3, 0.4) is 0 Å². The third kappa shape index (κ3) is 4.65. The number of nitrogens with one attached hydrogen (secondary N) is 1. The van der Waals surface area contributed by atoms with Gasteiger partial charge in [0.15, 0.2) is 11.3 Å². The number of likely N-dealkylation sites (tertiary alicyclic amines) is 1. The van der Waals surface area contributed by atoms with E-state index in [1.807, 2.05) is 25.3 Å². The van der Waals surface area contributed by atoms with Crippen LogP contribution in [0.5, 0.6) is 0 Å². The van der Waals surface area contributed by atoms with Crippen LogP contribution in [-0.2, 0) is 6.54 Å². The number of rotatable bonds is 6. The van der Waals surface area contributed by atoms with Crippen molar-refractivity contribution in [1.29, 1.82) is 5.26 Å². The molecule has 2 saturated heterocycles. The normalized spacial score (nSPS) is 19.6. The highest BCUT2D eigenvalue weighted by Crippen LogP contribution is 2.35. The minimum Gasteiger partial charge on any atom is -0.355 e. The van der Waals surface area contributed by atoms with Crippen molar-refractivity contribution >= 4 is 40.2 Å². The Morgan fingerprint density at radius 3 is 2.81 bits per heavy atom. The average Bonchev–Trinajstić information content (AvgIpc) is 3.50. The summed E-state index contributed by atoms with van der Waals surface area (Å²) < 4.78 is 1.74. The number of aromatic amines is 1. The average molecular weight is 536 g/mol. The SMILES string of the molecule is CC(c1ccc(Cl)cc1Cl)n1nc(C#N)c2ncc(N3CC([C@@H]4CCCN(Cc5cc[nH]n5)C4)C3)nc21. The van der Waals surface area contributed by atoms with Crippen molar-refractivity contribution in [1.82, 2.24) is 34.8 Å². The molecule has 0 aliphatic carbocycles. The van der Waals surface area contributed by atoms with Crippen LogP contribution in [-0.4, -0.2) is 61.0 Å². The second-order valence-corrected chi connectivity index (χ2v) is 10.9. The number of hydrogen-bond donors (Lipinski definition) is 1. The lowest BCUT2D eigenvalue weighted by Gasteiger charge is -2.47. The van der Waals surface area contributed by atoms with Crippen molar-refractivity contribution in [3.8, 4) is 6.07 Å². The number of halogens is 2. The third-order valence-corrected chi connectivity index (χ3v) is 8.22. The summed E-state index contributed by atoms with van der Waals surface area (Å²) in [6.45, 7) is 7.03. The van der Waals surface area contributed by atoms with Gasteiger partial charge in [-0.2, -0.15) is 15.5 Å². The Morgan fingerprint density at radius 2 is 2.05 bits per heavy atom. The molecule has 0 bridgehead atoms. The lowest BCUT2D eigenvalue weighted by molar-refractivity contribution is 0.113. The van der Waals surface area contributed by atoms with E-state index in [9.17, 15) is 5.26 Å². The van der Waals surface area contributed by atoms with E-state index in [0.717, 1.165) is 49.8 Å². The smallest absolute Gasteiger partial charge is 0.190 e. The molecule has 1 unspecified atom stereocenters. The summed E-state index contributed by atoms with van der Waals surface area (Å²) in [5, 5.41) is 22.5. The summed E-state index contributed by atoms with van der Waals surface area (Å²) in [6, 6.07) is 9.35. The summed E-state index contributed by atoms with van der Waals surface area (Å²) in [5.41, 5.74) is 3.29. The van der Waals surface area contributed by atoms with Gasteiger partial charge < -0.3 is 4.90 Å². The Balaban J connectivity index is 1.19. The second-order valence-electron chi connectivity index (χ2n) is 10.0. The van der Waals surface area contributed by atoms with Gasteiger partial charge in [-0.25, -0.2) is 14.6 Å². The molecule has 190 valence electrons. The van der Waals surface area contributed by atoms with Gasteiger partial charge >= 0.3 is 0 Å². The molecule has 2 atom stereocenters. The quantitative estimate of drug-likeness (QED) is 0.382. The lowest BCUT2D eigenvalue weighted by atomic mass is 9.80. The van der Waals surface area contributed by atoms with Gasteiger partial charge in [-0.3, -0.25) is 10.00 Å². The number of piperidine rings is 1. The predicted octanol–water partition coefficient (Wildman–Crippen LogP) is 4.69. The maximum Gasteiger partial charge on any atom is 0.190 e. The molecule has 2 aliphatic heterocycles. The summed E-state index contributed by atoms with van der Waals surface area (Å²) in [7, 11) is 0. The Morgan fingerprint density at radius 1 is 1.19 bits per heavy atom.